The highest BCUT2D eigenvalue weighted by Gasteiger charge is 2.41. The molecule has 2 saturated carbocycles. The highest BCUT2D eigenvalue weighted by molar-refractivity contribution is 5.87. The molecule has 23 heavy (non-hydrogen) atoms. The van der Waals surface area contributed by atoms with E-state index in [-0.39, 0.29) is 17.5 Å². The van der Waals surface area contributed by atoms with Gasteiger partial charge < -0.3 is 10.4 Å². The van der Waals surface area contributed by atoms with Gasteiger partial charge in [-0.3, -0.25) is 4.79 Å². The van der Waals surface area contributed by atoms with Crippen LogP contribution in [0.2, 0.25) is 0 Å². The minimum Gasteiger partial charge on any atom is -0.478 e. The van der Waals surface area contributed by atoms with Crippen LogP contribution < -0.4 is 5.32 Å². The maximum Gasteiger partial charge on any atom is 0.335 e. The summed E-state index contributed by atoms with van der Waals surface area (Å²) >= 11 is 0. The zero-order valence-electron chi connectivity index (χ0n) is 13.6. The molecule has 1 aromatic carbocycles. The van der Waals surface area contributed by atoms with Crippen molar-refractivity contribution >= 4 is 11.9 Å². The number of aryl methyl sites for hydroxylation is 1. The quantitative estimate of drug-likeness (QED) is 0.847. The molecular formula is C19H25NO3. The van der Waals surface area contributed by atoms with Gasteiger partial charge in [0, 0.05) is 12.5 Å². The van der Waals surface area contributed by atoms with E-state index in [4.69, 9.17) is 5.11 Å². The van der Waals surface area contributed by atoms with E-state index in [1.807, 2.05) is 0 Å². The Bertz CT molecular complexity index is 581. The van der Waals surface area contributed by atoms with Gasteiger partial charge >= 0.3 is 5.97 Å². The molecule has 2 aliphatic rings. The van der Waals surface area contributed by atoms with Crippen molar-refractivity contribution in [2.24, 2.45) is 17.8 Å². The second-order valence-electron chi connectivity index (χ2n) is 7.20. The van der Waals surface area contributed by atoms with Crippen LogP contribution in [0.4, 0.5) is 0 Å². The van der Waals surface area contributed by atoms with Gasteiger partial charge in [0.1, 0.15) is 0 Å². The summed E-state index contributed by atoms with van der Waals surface area (Å²) < 4.78 is 0. The number of nitrogens with one attached hydrogen (secondary N) is 1. The van der Waals surface area contributed by atoms with Crippen LogP contribution in [0, 0.1) is 17.8 Å². The molecule has 4 heteroatoms. The van der Waals surface area contributed by atoms with E-state index in [2.05, 4.69) is 12.2 Å². The molecule has 0 heterocycles. The van der Waals surface area contributed by atoms with Crippen molar-refractivity contribution in [2.45, 2.75) is 51.5 Å². The van der Waals surface area contributed by atoms with Crippen molar-refractivity contribution in [1.29, 1.82) is 0 Å². The molecule has 1 aromatic rings. The van der Waals surface area contributed by atoms with Gasteiger partial charge in [0.25, 0.3) is 0 Å². The summed E-state index contributed by atoms with van der Waals surface area (Å²) in [5.41, 5.74) is 1.28. The Balaban J connectivity index is 1.45. The molecule has 1 amide bonds. The summed E-state index contributed by atoms with van der Waals surface area (Å²) in [6.45, 7) is 2.14. The van der Waals surface area contributed by atoms with E-state index in [1.165, 1.54) is 25.7 Å². The van der Waals surface area contributed by atoms with Crippen LogP contribution in [0.1, 0.15) is 54.9 Å². The summed E-state index contributed by atoms with van der Waals surface area (Å²) in [6, 6.07) is 7.03. The molecule has 3 rings (SSSR count). The first kappa shape index (κ1) is 16.0. The minimum absolute atomic E-state index is 0.0996. The van der Waals surface area contributed by atoms with Crippen LogP contribution in [0.15, 0.2) is 24.3 Å². The first-order chi connectivity index (χ1) is 11.0. The summed E-state index contributed by atoms with van der Waals surface area (Å²) in [4.78, 5) is 23.0. The summed E-state index contributed by atoms with van der Waals surface area (Å²) in [5.74, 6) is 1.56. The molecule has 2 aliphatic carbocycles. The van der Waals surface area contributed by atoms with E-state index in [1.54, 1.807) is 24.3 Å². The van der Waals surface area contributed by atoms with Gasteiger partial charge in [0.15, 0.2) is 0 Å². The number of hydrogen-bond donors (Lipinski definition) is 2. The second-order valence-corrected chi connectivity index (χ2v) is 7.20. The molecule has 0 aliphatic heterocycles. The van der Waals surface area contributed by atoms with Gasteiger partial charge in [-0.15, -0.1) is 0 Å². The fraction of sp³-hybridized carbons (Fsp3) is 0.579. The second kappa shape index (κ2) is 6.73. The summed E-state index contributed by atoms with van der Waals surface area (Å²) in [5, 5.41) is 12.1. The monoisotopic (exact) mass is 315 g/mol. The van der Waals surface area contributed by atoms with Crippen molar-refractivity contribution in [2.75, 3.05) is 0 Å². The fourth-order valence-corrected chi connectivity index (χ4v) is 4.41. The van der Waals surface area contributed by atoms with Crippen LogP contribution in [-0.2, 0) is 11.2 Å². The maximum atomic E-state index is 12.2. The molecule has 4 unspecified atom stereocenters. The number of aromatic carboxylic acids is 1. The average molecular weight is 315 g/mol. The van der Waals surface area contributed by atoms with Crippen molar-refractivity contribution in [3.8, 4) is 0 Å². The lowest BCUT2D eigenvalue weighted by Crippen LogP contribution is -2.40. The van der Waals surface area contributed by atoms with E-state index in [9.17, 15) is 9.59 Å². The standard InChI is InChI=1S/C19H25NO3/c1-12(17-11-14-4-8-16(17)10-14)20-18(21)9-5-13-2-6-15(7-3-13)19(22)23/h2-3,6-7,12,14,16-17H,4-5,8-11H2,1H3,(H,20,21)(H,22,23). The van der Waals surface area contributed by atoms with Gasteiger partial charge in [0.05, 0.1) is 5.56 Å². The Hall–Kier alpha value is -1.84. The van der Waals surface area contributed by atoms with E-state index in [0.717, 1.165) is 17.4 Å². The summed E-state index contributed by atoms with van der Waals surface area (Å²) in [7, 11) is 0. The molecule has 2 bridgehead atoms. The third kappa shape index (κ3) is 3.74. The van der Waals surface area contributed by atoms with Crippen molar-refractivity contribution in [3.05, 3.63) is 35.4 Å². The van der Waals surface area contributed by atoms with Crippen LogP contribution in [0.5, 0.6) is 0 Å². The molecule has 2 fully saturated rings. The van der Waals surface area contributed by atoms with E-state index < -0.39 is 5.97 Å². The Morgan fingerprint density at radius 2 is 1.96 bits per heavy atom. The van der Waals surface area contributed by atoms with Crippen LogP contribution in [0.25, 0.3) is 0 Å². The molecule has 4 atom stereocenters. The Labute approximate surface area is 137 Å². The number of fused-ring (bicyclic) bond motifs is 2. The molecule has 124 valence electrons. The maximum absolute atomic E-state index is 12.2. The first-order valence-electron chi connectivity index (χ1n) is 8.64. The first-order valence-corrected chi connectivity index (χ1v) is 8.64. The van der Waals surface area contributed by atoms with Crippen molar-refractivity contribution in [1.82, 2.24) is 5.32 Å². The topological polar surface area (TPSA) is 66.4 Å². The number of amides is 1. The Kier molecular flexibility index (Phi) is 4.69. The highest BCUT2D eigenvalue weighted by atomic mass is 16.4. The number of carboxylic acids is 1. The van der Waals surface area contributed by atoms with Crippen molar-refractivity contribution in [3.63, 3.8) is 0 Å². The predicted molar refractivity (Wildman–Crippen MR) is 88.3 cm³/mol. The number of hydrogen-bond acceptors (Lipinski definition) is 2. The molecule has 0 aromatic heterocycles. The van der Waals surface area contributed by atoms with Crippen LogP contribution in [0.3, 0.4) is 0 Å². The Morgan fingerprint density at radius 3 is 2.52 bits per heavy atom. The number of carbonyl (C=O) groups excluding carboxylic acids is 1. The lowest BCUT2D eigenvalue weighted by atomic mass is 9.84. The molecule has 2 N–H and O–H groups in total. The zero-order chi connectivity index (χ0) is 16.4. The van der Waals surface area contributed by atoms with Gasteiger partial charge in [-0.05, 0) is 68.1 Å². The van der Waals surface area contributed by atoms with E-state index >= 15 is 0 Å². The molecule has 0 radical (unpaired) electrons. The molecule has 4 nitrogen and oxygen atoms in total. The Morgan fingerprint density at radius 1 is 1.22 bits per heavy atom. The summed E-state index contributed by atoms with van der Waals surface area (Å²) in [6.07, 6.45) is 6.47. The fourth-order valence-electron chi connectivity index (χ4n) is 4.41. The van der Waals surface area contributed by atoms with Gasteiger partial charge in [0.2, 0.25) is 5.91 Å². The number of benzene rings is 1. The normalized spacial score (nSPS) is 26.9. The largest absolute Gasteiger partial charge is 0.478 e. The van der Waals surface area contributed by atoms with Crippen LogP contribution >= 0.6 is 0 Å². The molecular weight excluding hydrogens is 290 g/mol. The molecule has 0 spiro atoms. The number of carboxylic acid groups (broad SMARTS) is 1. The number of rotatable bonds is 6. The van der Waals surface area contributed by atoms with Gasteiger partial charge in [-0.2, -0.15) is 0 Å². The smallest absolute Gasteiger partial charge is 0.335 e. The minimum atomic E-state index is -0.922. The lowest BCUT2D eigenvalue weighted by Gasteiger charge is -2.28. The lowest BCUT2D eigenvalue weighted by molar-refractivity contribution is -0.122. The van der Waals surface area contributed by atoms with Crippen LogP contribution in [-0.4, -0.2) is 23.0 Å². The highest BCUT2D eigenvalue weighted by Crippen LogP contribution is 2.49. The zero-order valence-corrected chi connectivity index (χ0v) is 13.6. The average Bonchev–Trinajstić information content (AvgIpc) is 3.16. The molecule has 0 saturated heterocycles. The number of carbonyl (C=O) groups is 2. The van der Waals surface area contributed by atoms with Gasteiger partial charge in [-0.1, -0.05) is 18.6 Å². The van der Waals surface area contributed by atoms with Gasteiger partial charge in [-0.25, -0.2) is 4.79 Å². The van der Waals surface area contributed by atoms with E-state index in [0.29, 0.717) is 18.8 Å². The van der Waals surface area contributed by atoms with Crippen molar-refractivity contribution < 1.29 is 14.7 Å². The predicted octanol–water partition coefficient (Wildman–Crippen LogP) is 3.26. The SMILES string of the molecule is CC(NC(=O)CCc1ccc(C(=O)O)cc1)C1CC2CCC1C2. The third-order valence-corrected chi connectivity index (χ3v) is 5.67. The third-order valence-electron chi connectivity index (χ3n) is 5.67.